The molecule has 0 unspecified atom stereocenters. The maximum absolute atomic E-state index is 6.03. The summed E-state index contributed by atoms with van der Waals surface area (Å²) in [5.41, 5.74) is 4.99. The number of para-hydroxylation sites is 2. The first-order valence-corrected chi connectivity index (χ1v) is 11.0. The molecule has 0 saturated heterocycles. The Morgan fingerprint density at radius 2 is 1.35 bits per heavy atom. The normalized spacial score (nSPS) is 12.6. The lowest BCUT2D eigenvalue weighted by Gasteiger charge is -2.33. The molecule has 162 valence electrons. The van der Waals surface area contributed by atoms with Gasteiger partial charge in [-0.25, -0.2) is 0 Å². The zero-order chi connectivity index (χ0) is 22.2. The summed E-state index contributed by atoms with van der Waals surface area (Å²) >= 11 is 0. The Morgan fingerprint density at radius 1 is 0.774 bits per heavy atom. The molecule has 0 radical (unpaired) electrons. The van der Waals surface area contributed by atoms with Crippen molar-refractivity contribution >= 4 is 21.8 Å². The van der Waals surface area contributed by atoms with E-state index in [4.69, 9.17) is 9.47 Å². The average Bonchev–Trinajstić information content (AvgIpc) is 3.05. The van der Waals surface area contributed by atoms with Gasteiger partial charge in [0.2, 0.25) is 0 Å². The highest BCUT2D eigenvalue weighted by molar-refractivity contribution is 6.09. The first kappa shape index (κ1) is 21.5. The molecule has 0 aliphatic heterocycles. The molecule has 0 fully saturated rings. The van der Waals surface area contributed by atoms with Crippen LogP contribution >= 0.6 is 0 Å². The fourth-order valence-corrected chi connectivity index (χ4v) is 4.97. The lowest BCUT2D eigenvalue weighted by Crippen LogP contribution is -2.25. The lowest BCUT2D eigenvalue weighted by molar-refractivity contribution is 0.0511. The van der Waals surface area contributed by atoms with Crippen molar-refractivity contribution in [2.45, 2.75) is 46.5 Å². The molecule has 3 nitrogen and oxygen atoms in total. The fraction of sp³-hybridized carbons (Fsp3) is 0.357. The van der Waals surface area contributed by atoms with E-state index in [-0.39, 0.29) is 17.6 Å². The molecule has 0 aliphatic carbocycles. The van der Waals surface area contributed by atoms with Crippen LogP contribution in [0.3, 0.4) is 0 Å². The van der Waals surface area contributed by atoms with E-state index in [0.717, 1.165) is 17.9 Å². The Hall–Kier alpha value is -2.78. The molecule has 1 aromatic heterocycles. The van der Waals surface area contributed by atoms with E-state index >= 15 is 0 Å². The summed E-state index contributed by atoms with van der Waals surface area (Å²) in [5.74, 6) is 0.823. The minimum atomic E-state index is 0.0333. The van der Waals surface area contributed by atoms with Gasteiger partial charge in [0.25, 0.3) is 0 Å². The van der Waals surface area contributed by atoms with Crippen molar-refractivity contribution in [3.05, 3.63) is 72.3 Å². The van der Waals surface area contributed by atoms with E-state index in [1.54, 1.807) is 7.11 Å². The van der Waals surface area contributed by atoms with Crippen molar-refractivity contribution in [3.63, 3.8) is 0 Å². The second-order valence-electron chi connectivity index (χ2n) is 10.2. The van der Waals surface area contributed by atoms with E-state index in [1.165, 1.54) is 27.4 Å². The Morgan fingerprint density at radius 3 is 1.90 bits per heavy atom. The van der Waals surface area contributed by atoms with Gasteiger partial charge in [0.1, 0.15) is 5.75 Å². The topological polar surface area (TPSA) is 23.4 Å². The molecule has 3 heteroatoms. The van der Waals surface area contributed by atoms with E-state index < -0.39 is 0 Å². The SMILES string of the molecule is COCOc1ccc(C(C)(C)CC(C)(C)C)cc1-n1c2ccccc2c2ccccc21. The minimum Gasteiger partial charge on any atom is -0.465 e. The van der Waals surface area contributed by atoms with E-state index in [9.17, 15) is 0 Å². The summed E-state index contributed by atoms with van der Waals surface area (Å²) in [6, 6.07) is 23.7. The summed E-state index contributed by atoms with van der Waals surface area (Å²) < 4.78 is 13.6. The van der Waals surface area contributed by atoms with Gasteiger partial charge in [0.15, 0.2) is 6.79 Å². The van der Waals surface area contributed by atoms with E-state index in [2.05, 4.69) is 106 Å². The lowest BCUT2D eigenvalue weighted by atomic mass is 9.72. The second kappa shape index (κ2) is 8.05. The van der Waals surface area contributed by atoms with Gasteiger partial charge in [-0.3, -0.25) is 0 Å². The third kappa shape index (κ3) is 4.20. The van der Waals surface area contributed by atoms with Gasteiger partial charge in [-0.2, -0.15) is 0 Å². The summed E-state index contributed by atoms with van der Waals surface area (Å²) in [6.45, 7) is 11.8. The highest BCUT2D eigenvalue weighted by Crippen LogP contribution is 2.41. The van der Waals surface area contributed by atoms with Crippen LogP contribution in [0.2, 0.25) is 0 Å². The zero-order valence-electron chi connectivity index (χ0n) is 19.5. The van der Waals surface area contributed by atoms with Crippen LogP contribution in [-0.4, -0.2) is 18.5 Å². The molecule has 4 rings (SSSR count). The van der Waals surface area contributed by atoms with Gasteiger partial charge in [0, 0.05) is 17.9 Å². The highest BCUT2D eigenvalue weighted by Gasteiger charge is 2.28. The minimum absolute atomic E-state index is 0.0333. The first-order valence-electron chi connectivity index (χ1n) is 11.0. The predicted octanol–water partition coefficient (Wildman–Crippen LogP) is 7.48. The van der Waals surface area contributed by atoms with Crippen LogP contribution in [0.25, 0.3) is 27.5 Å². The van der Waals surface area contributed by atoms with Crippen molar-refractivity contribution in [1.82, 2.24) is 4.57 Å². The Bertz CT molecular complexity index is 1160. The van der Waals surface area contributed by atoms with Crippen LogP contribution in [0.4, 0.5) is 0 Å². The maximum Gasteiger partial charge on any atom is 0.188 e. The van der Waals surface area contributed by atoms with Crippen molar-refractivity contribution in [2.75, 3.05) is 13.9 Å². The summed E-state index contributed by atoms with van der Waals surface area (Å²) in [6.07, 6.45) is 1.09. The third-order valence-corrected chi connectivity index (χ3v) is 5.87. The van der Waals surface area contributed by atoms with Crippen LogP contribution in [0.15, 0.2) is 66.7 Å². The number of ether oxygens (including phenoxy) is 2. The van der Waals surface area contributed by atoms with Crippen molar-refractivity contribution in [3.8, 4) is 11.4 Å². The fourth-order valence-electron chi connectivity index (χ4n) is 4.97. The molecule has 4 aromatic rings. The molecule has 0 saturated carbocycles. The van der Waals surface area contributed by atoms with Gasteiger partial charge in [-0.05, 0) is 47.1 Å². The Labute approximate surface area is 185 Å². The second-order valence-corrected chi connectivity index (χ2v) is 10.2. The van der Waals surface area contributed by atoms with Gasteiger partial charge in [0.05, 0.1) is 16.7 Å². The van der Waals surface area contributed by atoms with Crippen LogP contribution in [-0.2, 0) is 10.2 Å². The van der Waals surface area contributed by atoms with Crippen LogP contribution in [0.5, 0.6) is 5.75 Å². The van der Waals surface area contributed by atoms with Gasteiger partial charge in [-0.15, -0.1) is 0 Å². The van der Waals surface area contributed by atoms with Crippen LogP contribution in [0.1, 0.15) is 46.6 Å². The molecule has 0 bridgehead atoms. The Balaban J connectivity index is 1.98. The number of hydrogen-bond acceptors (Lipinski definition) is 2. The standard InChI is InChI=1S/C28H33NO2/c1-27(2,3)18-28(4,5)20-15-16-26(31-19-30-6)25(17-20)29-23-13-9-7-11-21(23)22-12-8-10-14-24(22)29/h7-17H,18-19H2,1-6H3. The Kier molecular flexibility index (Phi) is 5.57. The molecular weight excluding hydrogens is 382 g/mol. The monoisotopic (exact) mass is 415 g/mol. The molecule has 0 amide bonds. The number of fused-ring (bicyclic) bond motifs is 3. The first-order chi connectivity index (χ1) is 14.7. The molecule has 31 heavy (non-hydrogen) atoms. The highest BCUT2D eigenvalue weighted by atomic mass is 16.7. The van der Waals surface area contributed by atoms with E-state index in [1.807, 2.05) is 0 Å². The predicted molar refractivity (Wildman–Crippen MR) is 130 cm³/mol. The van der Waals surface area contributed by atoms with Gasteiger partial charge in [-0.1, -0.05) is 77.1 Å². The number of methoxy groups -OCH3 is 1. The smallest absolute Gasteiger partial charge is 0.188 e. The number of hydrogen-bond donors (Lipinski definition) is 0. The summed E-state index contributed by atoms with van der Waals surface area (Å²) in [7, 11) is 1.65. The molecule has 0 N–H and O–H groups in total. The zero-order valence-corrected chi connectivity index (χ0v) is 19.5. The van der Waals surface area contributed by atoms with Crippen molar-refractivity contribution in [1.29, 1.82) is 0 Å². The molecule has 0 aliphatic rings. The third-order valence-electron chi connectivity index (χ3n) is 5.87. The summed E-state index contributed by atoms with van der Waals surface area (Å²) in [4.78, 5) is 0. The molecule has 1 heterocycles. The summed E-state index contributed by atoms with van der Waals surface area (Å²) in [5, 5.41) is 2.49. The quantitative estimate of drug-likeness (QED) is 0.305. The average molecular weight is 416 g/mol. The van der Waals surface area contributed by atoms with Gasteiger partial charge < -0.3 is 14.0 Å². The maximum atomic E-state index is 6.03. The van der Waals surface area contributed by atoms with E-state index in [0.29, 0.717) is 0 Å². The van der Waals surface area contributed by atoms with Crippen molar-refractivity contribution in [2.24, 2.45) is 5.41 Å². The number of benzene rings is 3. The largest absolute Gasteiger partial charge is 0.465 e. The van der Waals surface area contributed by atoms with Crippen LogP contribution < -0.4 is 4.74 Å². The van der Waals surface area contributed by atoms with Gasteiger partial charge >= 0.3 is 0 Å². The number of rotatable bonds is 6. The number of aromatic nitrogens is 1. The van der Waals surface area contributed by atoms with Crippen molar-refractivity contribution < 1.29 is 9.47 Å². The number of nitrogens with zero attached hydrogens (tertiary/aromatic N) is 1. The molecular formula is C28H33NO2. The molecule has 0 atom stereocenters. The van der Waals surface area contributed by atoms with Crippen LogP contribution in [0, 0.1) is 5.41 Å². The molecule has 3 aromatic carbocycles. The molecule has 0 spiro atoms.